The van der Waals surface area contributed by atoms with Gasteiger partial charge in [0.2, 0.25) is 21.1 Å². The van der Waals surface area contributed by atoms with Crippen molar-refractivity contribution in [3.63, 3.8) is 0 Å². The SMILES string of the molecule is O=C(NCc1cnc(-n2cccn2)s1)c1ccc2c(c1)NC(=O)[C@@H]1CCCCN1S2(=O)=O. The number of amides is 2. The maximum absolute atomic E-state index is 13.1. The van der Waals surface area contributed by atoms with Crippen LogP contribution < -0.4 is 10.6 Å². The lowest BCUT2D eigenvalue weighted by molar-refractivity contribution is -0.120. The van der Waals surface area contributed by atoms with Crippen LogP contribution in [0.2, 0.25) is 0 Å². The minimum atomic E-state index is -3.83. The number of rotatable bonds is 4. The summed E-state index contributed by atoms with van der Waals surface area (Å²) in [7, 11) is -3.83. The number of hydrogen-bond acceptors (Lipinski definition) is 7. The molecule has 1 aromatic carbocycles. The van der Waals surface area contributed by atoms with E-state index in [0.29, 0.717) is 18.1 Å². The molecule has 1 fully saturated rings. The van der Waals surface area contributed by atoms with Crippen molar-refractivity contribution in [1.82, 2.24) is 24.4 Å². The summed E-state index contributed by atoms with van der Waals surface area (Å²) >= 11 is 1.40. The van der Waals surface area contributed by atoms with Gasteiger partial charge in [0.25, 0.3) is 5.91 Å². The molecule has 2 aliphatic rings. The number of nitrogens with zero attached hydrogens (tertiary/aromatic N) is 4. The second-order valence-electron chi connectivity index (χ2n) is 7.57. The van der Waals surface area contributed by atoms with Crippen LogP contribution in [0, 0.1) is 0 Å². The molecule has 0 spiro atoms. The molecule has 3 aromatic rings. The predicted molar refractivity (Wildman–Crippen MR) is 117 cm³/mol. The molecule has 2 aliphatic heterocycles. The number of thiazole rings is 1. The van der Waals surface area contributed by atoms with Gasteiger partial charge in [0, 0.05) is 35.6 Å². The van der Waals surface area contributed by atoms with Crippen molar-refractivity contribution < 1.29 is 18.0 Å². The van der Waals surface area contributed by atoms with Gasteiger partial charge in [-0.25, -0.2) is 18.1 Å². The van der Waals surface area contributed by atoms with Gasteiger partial charge in [-0.2, -0.15) is 9.40 Å². The lowest BCUT2D eigenvalue weighted by Crippen LogP contribution is -2.47. The van der Waals surface area contributed by atoms with Crippen molar-refractivity contribution in [2.45, 2.75) is 36.7 Å². The molecule has 5 rings (SSSR count). The highest BCUT2D eigenvalue weighted by atomic mass is 32.2. The molecule has 1 atom stereocenters. The number of hydrogen-bond donors (Lipinski definition) is 2. The summed E-state index contributed by atoms with van der Waals surface area (Å²) < 4.78 is 29.1. The van der Waals surface area contributed by atoms with E-state index in [4.69, 9.17) is 0 Å². The van der Waals surface area contributed by atoms with Gasteiger partial charge in [-0.05, 0) is 37.1 Å². The van der Waals surface area contributed by atoms with Crippen molar-refractivity contribution >= 4 is 38.9 Å². The fourth-order valence-electron chi connectivity index (χ4n) is 3.93. The normalized spacial score (nSPS) is 20.0. The quantitative estimate of drug-likeness (QED) is 0.596. The number of aromatic nitrogens is 3. The third-order valence-corrected chi connectivity index (χ3v) is 8.46. The van der Waals surface area contributed by atoms with Crippen LogP contribution in [0.15, 0.2) is 47.8 Å². The van der Waals surface area contributed by atoms with E-state index in [1.165, 1.54) is 33.8 Å². The highest BCUT2D eigenvalue weighted by Crippen LogP contribution is 2.34. The Bertz CT molecular complexity index is 1290. The lowest BCUT2D eigenvalue weighted by atomic mass is 10.0. The maximum Gasteiger partial charge on any atom is 0.251 e. The topological polar surface area (TPSA) is 126 Å². The van der Waals surface area contributed by atoms with E-state index < -0.39 is 16.1 Å². The molecule has 1 saturated heterocycles. The Morgan fingerprint density at radius 2 is 2.19 bits per heavy atom. The maximum atomic E-state index is 13.1. The van der Waals surface area contributed by atoms with Gasteiger partial charge in [-0.3, -0.25) is 9.59 Å². The number of carbonyl (C=O) groups is 2. The average molecular weight is 473 g/mol. The van der Waals surface area contributed by atoms with E-state index in [0.717, 1.165) is 17.7 Å². The number of carbonyl (C=O) groups excluding carboxylic acids is 2. The average Bonchev–Trinajstić information content (AvgIpc) is 3.47. The smallest absolute Gasteiger partial charge is 0.251 e. The van der Waals surface area contributed by atoms with Crippen LogP contribution in [0.1, 0.15) is 34.5 Å². The number of benzene rings is 1. The number of sulfonamides is 1. The minimum absolute atomic E-state index is 0.0121. The molecule has 0 saturated carbocycles. The zero-order chi connectivity index (χ0) is 22.3. The fraction of sp³-hybridized carbons (Fsp3) is 0.300. The largest absolute Gasteiger partial charge is 0.347 e. The van der Waals surface area contributed by atoms with Crippen molar-refractivity contribution in [1.29, 1.82) is 0 Å². The third-order valence-electron chi connectivity index (χ3n) is 5.51. The predicted octanol–water partition coefficient (Wildman–Crippen LogP) is 1.75. The summed E-state index contributed by atoms with van der Waals surface area (Å²) in [6.45, 7) is 0.576. The number of nitrogens with one attached hydrogen (secondary N) is 2. The number of piperidine rings is 1. The van der Waals surface area contributed by atoms with Gasteiger partial charge >= 0.3 is 0 Å². The highest BCUT2D eigenvalue weighted by Gasteiger charge is 2.41. The summed E-state index contributed by atoms with van der Waals surface area (Å²) in [5.74, 6) is -0.740. The monoisotopic (exact) mass is 472 g/mol. The van der Waals surface area contributed by atoms with Crippen LogP contribution in [0.5, 0.6) is 0 Å². The Morgan fingerprint density at radius 3 is 3.00 bits per heavy atom. The first-order valence-electron chi connectivity index (χ1n) is 10.1. The molecule has 2 aromatic heterocycles. The van der Waals surface area contributed by atoms with Gasteiger partial charge in [0.15, 0.2) is 0 Å². The molecule has 0 bridgehead atoms. The highest BCUT2D eigenvalue weighted by molar-refractivity contribution is 7.89. The van der Waals surface area contributed by atoms with Crippen LogP contribution in [-0.2, 0) is 21.4 Å². The van der Waals surface area contributed by atoms with E-state index >= 15 is 0 Å². The van der Waals surface area contributed by atoms with Gasteiger partial charge in [0.05, 0.1) is 12.2 Å². The molecule has 10 nitrogen and oxygen atoms in total. The minimum Gasteiger partial charge on any atom is -0.347 e. The second kappa shape index (κ2) is 8.11. The summed E-state index contributed by atoms with van der Waals surface area (Å²) in [5, 5.41) is 10.3. The van der Waals surface area contributed by atoms with E-state index in [9.17, 15) is 18.0 Å². The molecule has 12 heteroatoms. The zero-order valence-corrected chi connectivity index (χ0v) is 18.5. The Morgan fingerprint density at radius 1 is 1.31 bits per heavy atom. The molecule has 0 aliphatic carbocycles. The van der Waals surface area contributed by atoms with Gasteiger partial charge in [-0.15, -0.1) is 0 Å². The molecule has 4 heterocycles. The lowest BCUT2D eigenvalue weighted by Gasteiger charge is -2.31. The first-order valence-corrected chi connectivity index (χ1v) is 12.4. The number of fused-ring (bicyclic) bond motifs is 2. The Labute approximate surface area is 188 Å². The first-order chi connectivity index (χ1) is 15.4. The standard InChI is InChI=1S/C20H20N6O4S2/c27-18(21-11-14-12-22-20(31-14)25-8-3-7-23-25)13-5-6-17-15(10-13)24-19(28)16-4-1-2-9-26(16)32(17,29)30/h3,5-8,10,12,16H,1-2,4,9,11H2,(H,21,27)(H,24,28)/t16-/m0/s1. The zero-order valence-electron chi connectivity index (χ0n) is 16.9. The van der Waals surface area contributed by atoms with Gasteiger partial charge in [0.1, 0.15) is 10.9 Å². The molecule has 32 heavy (non-hydrogen) atoms. The van der Waals surface area contributed by atoms with E-state index in [1.807, 2.05) is 0 Å². The summed E-state index contributed by atoms with van der Waals surface area (Å²) in [6.07, 6.45) is 7.12. The first kappa shape index (κ1) is 20.8. The molecule has 0 radical (unpaired) electrons. The summed E-state index contributed by atoms with van der Waals surface area (Å²) in [4.78, 5) is 30.5. The van der Waals surface area contributed by atoms with Crippen LogP contribution in [0.25, 0.3) is 5.13 Å². The fourth-order valence-corrected chi connectivity index (χ4v) is 6.50. The third kappa shape index (κ3) is 3.70. The van der Waals surface area contributed by atoms with Crippen molar-refractivity contribution in [2.75, 3.05) is 11.9 Å². The molecular weight excluding hydrogens is 452 g/mol. The Balaban J connectivity index is 1.35. The molecular formula is C20H20N6O4S2. The molecule has 2 amide bonds. The van der Waals surface area contributed by atoms with Crippen LogP contribution in [-0.4, -0.2) is 51.9 Å². The van der Waals surface area contributed by atoms with E-state index in [1.54, 1.807) is 29.3 Å². The Kier molecular flexibility index (Phi) is 5.27. The van der Waals surface area contributed by atoms with Crippen LogP contribution >= 0.6 is 11.3 Å². The van der Waals surface area contributed by atoms with E-state index in [2.05, 4.69) is 20.7 Å². The van der Waals surface area contributed by atoms with Gasteiger partial charge < -0.3 is 10.6 Å². The number of anilines is 1. The van der Waals surface area contributed by atoms with Crippen molar-refractivity contribution in [2.24, 2.45) is 0 Å². The second-order valence-corrected chi connectivity index (χ2v) is 10.5. The Hall–Kier alpha value is -3.09. The van der Waals surface area contributed by atoms with Gasteiger partial charge in [-0.1, -0.05) is 17.8 Å². The summed E-state index contributed by atoms with van der Waals surface area (Å²) in [6, 6.07) is 5.35. The van der Waals surface area contributed by atoms with Crippen LogP contribution in [0.3, 0.4) is 0 Å². The summed E-state index contributed by atoms with van der Waals surface area (Å²) in [5.41, 5.74) is 0.395. The molecule has 166 valence electrons. The van der Waals surface area contributed by atoms with E-state index in [-0.39, 0.29) is 34.5 Å². The van der Waals surface area contributed by atoms with Crippen molar-refractivity contribution in [3.05, 3.63) is 53.3 Å². The molecule has 0 unspecified atom stereocenters. The van der Waals surface area contributed by atoms with Crippen LogP contribution in [0.4, 0.5) is 5.69 Å². The molecule has 2 N–H and O–H groups in total. The van der Waals surface area contributed by atoms with Crippen molar-refractivity contribution in [3.8, 4) is 5.13 Å².